The van der Waals surface area contributed by atoms with Crippen LogP contribution in [0.5, 0.6) is 0 Å². The molecule has 0 saturated heterocycles. The van der Waals surface area contributed by atoms with E-state index in [0.717, 1.165) is 18.5 Å². The minimum absolute atomic E-state index is 0. The van der Waals surface area contributed by atoms with Crippen molar-refractivity contribution in [2.75, 3.05) is 20.1 Å². The Morgan fingerprint density at radius 1 is 1.19 bits per heavy atom. The van der Waals surface area contributed by atoms with Gasteiger partial charge in [0.2, 0.25) is 11.8 Å². The maximum absolute atomic E-state index is 12.2. The predicted octanol–water partition coefficient (Wildman–Crippen LogP) is 1.31. The van der Waals surface area contributed by atoms with Crippen LogP contribution in [0.2, 0.25) is 0 Å². The van der Waals surface area contributed by atoms with Gasteiger partial charge in [-0.2, -0.15) is 0 Å². The highest BCUT2D eigenvalue weighted by Crippen LogP contribution is 2.08. The standard InChI is InChI=1S/C15H23N3O2.ClH/c1-17-10-5-8-15(20)18(11-9-14(16)19)12-13-6-3-2-4-7-13;/h2-4,6-7,17H,5,8-12H2,1H3,(H2,16,19);1H. The molecular formula is C15H24ClN3O2. The van der Waals surface area contributed by atoms with Crippen molar-refractivity contribution >= 4 is 24.2 Å². The molecule has 1 aromatic rings. The quantitative estimate of drug-likeness (QED) is 0.675. The molecular weight excluding hydrogens is 290 g/mol. The van der Waals surface area contributed by atoms with Gasteiger partial charge in [-0.05, 0) is 25.6 Å². The lowest BCUT2D eigenvalue weighted by atomic mass is 10.2. The molecule has 1 rings (SSSR count). The van der Waals surface area contributed by atoms with E-state index in [1.807, 2.05) is 37.4 Å². The van der Waals surface area contributed by atoms with Crippen LogP contribution in [0, 0.1) is 0 Å². The topological polar surface area (TPSA) is 75.4 Å². The number of halogens is 1. The molecule has 6 heteroatoms. The fraction of sp³-hybridized carbons (Fsp3) is 0.467. The van der Waals surface area contributed by atoms with Gasteiger partial charge < -0.3 is 16.0 Å². The highest BCUT2D eigenvalue weighted by atomic mass is 35.5. The van der Waals surface area contributed by atoms with E-state index < -0.39 is 0 Å². The van der Waals surface area contributed by atoms with E-state index in [2.05, 4.69) is 5.32 Å². The first-order chi connectivity index (χ1) is 9.63. The molecule has 1 aromatic carbocycles. The van der Waals surface area contributed by atoms with Crippen LogP contribution in [0.3, 0.4) is 0 Å². The fourth-order valence-electron chi connectivity index (χ4n) is 1.92. The molecule has 3 N–H and O–H groups in total. The van der Waals surface area contributed by atoms with E-state index in [1.54, 1.807) is 4.90 Å². The molecule has 118 valence electrons. The number of carbonyl (C=O) groups is 2. The summed E-state index contributed by atoms with van der Waals surface area (Å²) in [6.45, 7) is 1.70. The Morgan fingerprint density at radius 2 is 1.86 bits per heavy atom. The second-order valence-corrected chi connectivity index (χ2v) is 4.72. The molecule has 0 bridgehead atoms. The smallest absolute Gasteiger partial charge is 0.222 e. The van der Waals surface area contributed by atoms with E-state index in [9.17, 15) is 9.59 Å². The number of hydrogen-bond acceptors (Lipinski definition) is 3. The van der Waals surface area contributed by atoms with Gasteiger partial charge in [-0.1, -0.05) is 30.3 Å². The van der Waals surface area contributed by atoms with Crippen molar-refractivity contribution in [1.29, 1.82) is 0 Å². The predicted molar refractivity (Wildman–Crippen MR) is 86.1 cm³/mol. The van der Waals surface area contributed by atoms with E-state index in [-0.39, 0.29) is 30.6 Å². The molecule has 0 spiro atoms. The molecule has 0 heterocycles. The minimum atomic E-state index is -0.383. The highest BCUT2D eigenvalue weighted by Gasteiger charge is 2.14. The summed E-state index contributed by atoms with van der Waals surface area (Å²) in [5, 5.41) is 3.02. The summed E-state index contributed by atoms with van der Waals surface area (Å²) in [6, 6.07) is 9.75. The molecule has 0 aliphatic carbocycles. The monoisotopic (exact) mass is 313 g/mol. The van der Waals surface area contributed by atoms with Crippen molar-refractivity contribution in [3.8, 4) is 0 Å². The van der Waals surface area contributed by atoms with Gasteiger partial charge in [0.05, 0.1) is 0 Å². The number of nitrogens with one attached hydrogen (secondary N) is 1. The molecule has 0 radical (unpaired) electrons. The summed E-state index contributed by atoms with van der Waals surface area (Å²) in [7, 11) is 1.86. The van der Waals surface area contributed by atoms with E-state index in [4.69, 9.17) is 5.73 Å². The fourth-order valence-corrected chi connectivity index (χ4v) is 1.92. The average Bonchev–Trinajstić information content (AvgIpc) is 2.44. The van der Waals surface area contributed by atoms with Gasteiger partial charge in [0, 0.05) is 25.9 Å². The Kier molecular flexibility index (Phi) is 10.3. The number of rotatable bonds is 9. The zero-order chi connectivity index (χ0) is 14.8. The van der Waals surface area contributed by atoms with E-state index in [1.165, 1.54) is 0 Å². The van der Waals surface area contributed by atoms with Crippen LogP contribution < -0.4 is 11.1 Å². The van der Waals surface area contributed by atoms with Gasteiger partial charge in [-0.25, -0.2) is 0 Å². The van der Waals surface area contributed by atoms with Crippen LogP contribution in [0.1, 0.15) is 24.8 Å². The first-order valence-electron chi connectivity index (χ1n) is 6.88. The Balaban J connectivity index is 0.00000400. The lowest BCUT2D eigenvalue weighted by Crippen LogP contribution is -2.33. The second-order valence-electron chi connectivity index (χ2n) is 4.72. The van der Waals surface area contributed by atoms with Crippen molar-refractivity contribution in [3.63, 3.8) is 0 Å². The average molecular weight is 314 g/mol. The maximum atomic E-state index is 12.2. The van der Waals surface area contributed by atoms with Crippen molar-refractivity contribution in [3.05, 3.63) is 35.9 Å². The third kappa shape index (κ3) is 8.32. The number of primary amides is 1. The molecule has 21 heavy (non-hydrogen) atoms. The van der Waals surface area contributed by atoms with Crippen LogP contribution in [-0.2, 0) is 16.1 Å². The van der Waals surface area contributed by atoms with Crippen LogP contribution in [0.4, 0.5) is 0 Å². The Labute approximate surface area is 132 Å². The number of nitrogens with zero attached hydrogens (tertiary/aromatic N) is 1. The molecule has 0 fully saturated rings. The van der Waals surface area contributed by atoms with Crippen LogP contribution in [-0.4, -0.2) is 36.9 Å². The lowest BCUT2D eigenvalue weighted by Gasteiger charge is -2.22. The Morgan fingerprint density at radius 3 is 2.43 bits per heavy atom. The molecule has 0 aliphatic heterocycles. The molecule has 0 unspecified atom stereocenters. The highest BCUT2D eigenvalue weighted by molar-refractivity contribution is 5.85. The molecule has 0 atom stereocenters. The lowest BCUT2D eigenvalue weighted by molar-refractivity contribution is -0.132. The SMILES string of the molecule is CNCCCC(=O)N(CCC(N)=O)Cc1ccccc1.Cl. The first-order valence-corrected chi connectivity index (χ1v) is 6.88. The van der Waals surface area contributed by atoms with Gasteiger partial charge >= 0.3 is 0 Å². The van der Waals surface area contributed by atoms with Crippen LogP contribution >= 0.6 is 12.4 Å². The second kappa shape index (κ2) is 11.1. The largest absolute Gasteiger partial charge is 0.370 e. The van der Waals surface area contributed by atoms with E-state index >= 15 is 0 Å². The summed E-state index contributed by atoms with van der Waals surface area (Å²) >= 11 is 0. The molecule has 5 nitrogen and oxygen atoms in total. The van der Waals surface area contributed by atoms with Crippen molar-refractivity contribution in [2.24, 2.45) is 5.73 Å². The van der Waals surface area contributed by atoms with Gasteiger partial charge in [0.15, 0.2) is 0 Å². The minimum Gasteiger partial charge on any atom is -0.370 e. The number of carbonyl (C=O) groups excluding carboxylic acids is 2. The Bertz CT molecular complexity index is 426. The Hall–Kier alpha value is -1.59. The third-order valence-electron chi connectivity index (χ3n) is 3.01. The van der Waals surface area contributed by atoms with Crippen LogP contribution in [0.25, 0.3) is 0 Å². The first kappa shape index (κ1) is 19.4. The summed E-state index contributed by atoms with van der Waals surface area (Å²) in [4.78, 5) is 24.8. The number of hydrogen-bond donors (Lipinski definition) is 2. The van der Waals surface area contributed by atoms with Crippen LogP contribution in [0.15, 0.2) is 30.3 Å². The van der Waals surface area contributed by atoms with Crippen molar-refractivity contribution < 1.29 is 9.59 Å². The van der Waals surface area contributed by atoms with Crippen molar-refractivity contribution in [1.82, 2.24) is 10.2 Å². The molecule has 2 amide bonds. The molecule has 0 aromatic heterocycles. The number of amides is 2. The zero-order valence-electron chi connectivity index (χ0n) is 12.4. The summed E-state index contributed by atoms with van der Waals surface area (Å²) < 4.78 is 0. The normalized spacial score (nSPS) is 9.76. The summed E-state index contributed by atoms with van der Waals surface area (Å²) in [5.41, 5.74) is 6.22. The molecule has 0 aliphatic rings. The van der Waals surface area contributed by atoms with E-state index in [0.29, 0.717) is 19.5 Å². The number of nitrogens with two attached hydrogens (primary N) is 1. The number of benzene rings is 1. The maximum Gasteiger partial charge on any atom is 0.222 e. The van der Waals surface area contributed by atoms with Gasteiger partial charge in [0.1, 0.15) is 0 Å². The van der Waals surface area contributed by atoms with Gasteiger partial charge in [-0.15, -0.1) is 12.4 Å². The molecule has 0 saturated carbocycles. The van der Waals surface area contributed by atoms with Crippen molar-refractivity contribution in [2.45, 2.75) is 25.8 Å². The summed E-state index contributed by atoms with van der Waals surface area (Å²) in [5.74, 6) is -0.323. The van der Waals surface area contributed by atoms with Gasteiger partial charge in [0.25, 0.3) is 0 Å². The third-order valence-corrected chi connectivity index (χ3v) is 3.01. The zero-order valence-corrected chi connectivity index (χ0v) is 13.2. The summed E-state index contributed by atoms with van der Waals surface area (Å²) in [6.07, 6.45) is 1.47. The van der Waals surface area contributed by atoms with Gasteiger partial charge in [-0.3, -0.25) is 9.59 Å².